The Kier molecular flexibility index (Phi) is 3.89. The second-order valence-electron chi connectivity index (χ2n) is 4.18. The SMILES string of the molecule is CC(NC(=O)c1cncc(C#N)c1)c1ccccc1. The first-order valence-electron chi connectivity index (χ1n) is 5.91. The van der Waals surface area contributed by atoms with Crippen molar-refractivity contribution in [2.75, 3.05) is 0 Å². The first kappa shape index (κ1) is 12.8. The van der Waals surface area contributed by atoms with Gasteiger partial charge in [0.15, 0.2) is 0 Å². The van der Waals surface area contributed by atoms with Gasteiger partial charge in [0, 0.05) is 12.4 Å². The maximum atomic E-state index is 12.0. The Labute approximate surface area is 111 Å². The topological polar surface area (TPSA) is 65.8 Å². The molecule has 1 N–H and O–H groups in total. The smallest absolute Gasteiger partial charge is 0.253 e. The number of benzene rings is 1. The first-order valence-corrected chi connectivity index (χ1v) is 5.91. The lowest BCUT2D eigenvalue weighted by Crippen LogP contribution is -2.26. The molecule has 1 aromatic carbocycles. The summed E-state index contributed by atoms with van der Waals surface area (Å²) < 4.78 is 0. The molecule has 2 aromatic rings. The number of pyridine rings is 1. The molecule has 1 heterocycles. The molecule has 1 aromatic heterocycles. The van der Waals surface area contributed by atoms with Crippen LogP contribution in [0.5, 0.6) is 0 Å². The van der Waals surface area contributed by atoms with E-state index in [-0.39, 0.29) is 11.9 Å². The van der Waals surface area contributed by atoms with Crippen molar-refractivity contribution < 1.29 is 4.79 Å². The maximum Gasteiger partial charge on any atom is 0.253 e. The fraction of sp³-hybridized carbons (Fsp3) is 0.133. The monoisotopic (exact) mass is 251 g/mol. The number of nitrogens with one attached hydrogen (secondary N) is 1. The fourth-order valence-corrected chi connectivity index (χ4v) is 1.73. The lowest BCUT2D eigenvalue weighted by Gasteiger charge is -2.14. The number of carbonyl (C=O) groups excluding carboxylic acids is 1. The molecule has 1 amide bonds. The molecule has 0 fully saturated rings. The average Bonchev–Trinajstić information content (AvgIpc) is 2.48. The molecule has 2 rings (SSSR count). The van der Waals surface area contributed by atoms with Crippen molar-refractivity contribution in [3.63, 3.8) is 0 Å². The predicted octanol–water partition coefficient (Wildman–Crippen LogP) is 2.44. The van der Waals surface area contributed by atoms with E-state index in [0.29, 0.717) is 11.1 Å². The van der Waals surface area contributed by atoms with Gasteiger partial charge in [0.1, 0.15) is 6.07 Å². The lowest BCUT2D eigenvalue weighted by molar-refractivity contribution is 0.0939. The third-order valence-corrected chi connectivity index (χ3v) is 2.78. The number of nitriles is 1. The number of rotatable bonds is 3. The van der Waals surface area contributed by atoms with Crippen LogP contribution < -0.4 is 5.32 Å². The van der Waals surface area contributed by atoms with E-state index in [1.165, 1.54) is 18.5 Å². The quantitative estimate of drug-likeness (QED) is 0.911. The Morgan fingerprint density at radius 2 is 2.05 bits per heavy atom. The van der Waals surface area contributed by atoms with Gasteiger partial charge >= 0.3 is 0 Å². The summed E-state index contributed by atoms with van der Waals surface area (Å²) in [5, 5.41) is 11.7. The summed E-state index contributed by atoms with van der Waals surface area (Å²) in [5.74, 6) is -0.235. The van der Waals surface area contributed by atoms with E-state index in [9.17, 15) is 4.79 Å². The lowest BCUT2D eigenvalue weighted by atomic mass is 10.1. The van der Waals surface area contributed by atoms with Crippen molar-refractivity contribution in [1.82, 2.24) is 10.3 Å². The van der Waals surface area contributed by atoms with Crippen LogP contribution in [0.1, 0.15) is 34.5 Å². The summed E-state index contributed by atoms with van der Waals surface area (Å²) in [4.78, 5) is 15.9. The van der Waals surface area contributed by atoms with Crippen LogP contribution in [-0.4, -0.2) is 10.9 Å². The van der Waals surface area contributed by atoms with Gasteiger partial charge in [0.05, 0.1) is 17.2 Å². The number of amides is 1. The molecular formula is C15H13N3O. The van der Waals surface area contributed by atoms with Crippen molar-refractivity contribution in [3.05, 3.63) is 65.5 Å². The van der Waals surface area contributed by atoms with Gasteiger partial charge in [-0.15, -0.1) is 0 Å². The summed E-state index contributed by atoms with van der Waals surface area (Å²) in [7, 11) is 0. The minimum atomic E-state index is -0.235. The molecule has 0 spiro atoms. The van der Waals surface area contributed by atoms with Gasteiger partial charge in [0.25, 0.3) is 5.91 Å². The molecular weight excluding hydrogens is 238 g/mol. The zero-order valence-corrected chi connectivity index (χ0v) is 10.5. The Bertz CT molecular complexity index is 617. The van der Waals surface area contributed by atoms with Gasteiger partial charge in [-0.1, -0.05) is 30.3 Å². The number of aromatic nitrogens is 1. The van der Waals surface area contributed by atoms with Crippen LogP contribution in [0.3, 0.4) is 0 Å². The van der Waals surface area contributed by atoms with Crippen molar-refractivity contribution in [2.24, 2.45) is 0 Å². The zero-order chi connectivity index (χ0) is 13.7. The summed E-state index contributed by atoms with van der Waals surface area (Å²) >= 11 is 0. The minimum Gasteiger partial charge on any atom is -0.345 e. The molecule has 4 nitrogen and oxygen atoms in total. The van der Waals surface area contributed by atoms with Crippen LogP contribution >= 0.6 is 0 Å². The van der Waals surface area contributed by atoms with E-state index in [4.69, 9.17) is 5.26 Å². The van der Waals surface area contributed by atoms with E-state index in [0.717, 1.165) is 5.56 Å². The van der Waals surface area contributed by atoms with Crippen LogP contribution in [0.2, 0.25) is 0 Å². The summed E-state index contributed by atoms with van der Waals surface area (Å²) in [6, 6.07) is 13.1. The zero-order valence-electron chi connectivity index (χ0n) is 10.5. The van der Waals surface area contributed by atoms with Gasteiger partial charge < -0.3 is 5.32 Å². The van der Waals surface area contributed by atoms with Gasteiger partial charge in [-0.05, 0) is 18.6 Å². The van der Waals surface area contributed by atoms with Gasteiger partial charge in [-0.2, -0.15) is 5.26 Å². The minimum absolute atomic E-state index is 0.0977. The standard InChI is InChI=1S/C15H13N3O/c1-11(13-5-3-2-4-6-13)18-15(19)14-7-12(8-16)9-17-10-14/h2-7,9-11H,1H3,(H,18,19). The average molecular weight is 251 g/mol. The Morgan fingerprint density at radius 3 is 2.74 bits per heavy atom. The Hall–Kier alpha value is -2.67. The van der Waals surface area contributed by atoms with E-state index in [1.807, 2.05) is 43.3 Å². The van der Waals surface area contributed by atoms with Crippen LogP contribution in [0.15, 0.2) is 48.8 Å². The number of hydrogen-bond acceptors (Lipinski definition) is 3. The number of nitrogens with zero attached hydrogens (tertiary/aromatic N) is 2. The molecule has 4 heteroatoms. The van der Waals surface area contributed by atoms with Gasteiger partial charge in [0.2, 0.25) is 0 Å². The van der Waals surface area contributed by atoms with Gasteiger partial charge in [-0.3, -0.25) is 9.78 Å². The third-order valence-electron chi connectivity index (χ3n) is 2.78. The van der Waals surface area contributed by atoms with Gasteiger partial charge in [-0.25, -0.2) is 0 Å². The normalized spacial score (nSPS) is 11.4. The highest BCUT2D eigenvalue weighted by atomic mass is 16.1. The molecule has 0 saturated heterocycles. The molecule has 0 bridgehead atoms. The van der Waals surface area contributed by atoms with Crippen LogP contribution in [-0.2, 0) is 0 Å². The highest BCUT2D eigenvalue weighted by molar-refractivity contribution is 5.94. The largest absolute Gasteiger partial charge is 0.345 e. The molecule has 1 atom stereocenters. The molecule has 0 aliphatic heterocycles. The summed E-state index contributed by atoms with van der Waals surface area (Å²) in [5.41, 5.74) is 1.79. The Balaban J connectivity index is 2.11. The second kappa shape index (κ2) is 5.78. The molecule has 1 unspecified atom stereocenters. The predicted molar refractivity (Wildman–Crippen MR) is 71.3 cm³/mol. The highest BCUT2D eigenvalue weighted by Gasteiger charge is 2.11. The van der Waals surface area contributed by atoms with Crippen molar-refractivity contribution >= 4 is 5.91 Å². The van der Waals surface area contributed by atoms with E-state index >= 15 is 0 Å². The van der Waals surface area contributed by atoms with Crippen LogP contribution in [0, 0.1) is 11.3 Å². The van der Waals surface area contributed by atoms with Crippen molar-refractivity contribution in [3.8, 4) is 6.07 Å². The Morgan fingerprint density at radius 1 is 1.32 bits per heavy atom. The second-order valence-corrected chi connectivity index (χ2v) is 4.18. The van der Waals surface area contributed by atoms with E-state index in [2.05, 4.69) is 10.3 Å². The molecule has 0 aliphatic rings. The number of hydrogen-bond donors (Lipinski definition) is 1. The molecule has 19 heavy (non-hydrogen) atoms. The van der Waals surface area contributed by atoms with Crippen LogP contribution in [0.25, 0.3) is 0 Å². The molecule has 0 radical (unpaired) electrons. The highest BCUT2D eigenvalue weighted by Crippen LogP contribution is 2.12. The van der Waals surface area contributed by atoms with E-state index in [1.54, 1.807) is 0 Å². The molecule has 0 aliphatic carbocycles. The molecule has 94 valence electrons. The van der Waals surface area contributed by atoms with Crippen molar-refractivity contribution in [2.45, 2.75) is 13.0 Å². The number of carbonyl (C=O) groups is 1. The summed E-state index contributed by atoms with van der Waals surface area (Å²) in [6.45, 7) is 1.91. The first-order chi connectivity index (χ1) is 9.20. The third kappa shape index (κ3) is 3.17. The fourth-order valence-electron chi connectivity index (χ4n) is 1.73. The van der Waals surface area contributed by atoms with Crippen molar-refractivity contribution in [1.29, 1.82) is 5.26 Å². The maximum absolute atomic E-state index is 12.0. The van der Waals surface area contributed by atoms with Crippen LogP contribution in [0.4, 0.5) is 0 Å². The van der Waals surface area contributed by atoms with E-state index < -0.39 is 0 Å². The summed E-state index contributed by atoms with van der Waals surface area (Å²) in [6.07, 6.45) is 2.88. The molecule has 0 saturated carbocycles.